The van der Waals surface area contributed by atoms with Crippen molar-refractivity contribution in [2.45, 2.75) is 6.42 Å². The average molecular weight is 209 g/mol. The Labute approximate surface area is 88.9 Å². The van der Waals surface area contributed by atoms with Crippen LogP contribution in [0.25, 0.3) is 0 Å². The molecular weight excluding hydrogens is 194 g/mol. The van der Waals surface area contributed by atoms with Crippen LogP contribution in [0.15, 0.2) is 30.3 Å². The van der Waals surface area contributed by atoms with Crippen molar-refractivity contribution in [3.8, 4) is 5.75 Å². The molecule has 0 atom stereocenters. The van der Waals surface area contributed by atoms with Crippen molar-refractivity contribution < 1.29 is 14.6 Å². The summed E-state index contributed by atoms with van der Waals surface area (Å²) >= 11 is 0. The minimum atomic E-state index is -0.834. The predicted octanol–water partition coefficient (Wildman–Crippen LogP) is 1.13. The van der Waals surface area contributed by atoms with Crippen LogP contribution in [0.4, 0.5) is 0 Å². The van der Waals surface area contributed by atoms with Crippen LogP contribution in [0.2, 0.25) is 0 Å². The Morgan fingerprint density at radius 1 is 1.33 bits per heavy atom. The Morgan fingerprint density at radius 3 is 2.73 bits per heavy atom. The monoisotopic (exact) mass is 209 g/mol. The third kappa shape index (κ3) is 5.70. The maximum Gasteiger partial charge on any atom is 0.317 e. The van der Waals surface area contributed by atoms with Crippen LogP contribution >= 0.6 is 0 Å². The molecule has 15 heavy (non-hydrogen) atoms. The van der Waals surface area contributed by atoms with Gasteiger partial charge in [-0.2, -0.15) is 0 Å². The van der Waals surface area contributed by atoms with Crippen molar-refractivity contribution in [2.24, 2.45) is 0 Å². The Morgan fingerprint density at radius 2 is 2.07 bits per heavy atom. The highest BCUT2D eigenvalue weighted by Gasteiger charge is 1.95. The van der Waals surface area contributed by atoms with Crippen molar-refractivity contribution in [2.75, 3.05) is 19.7 Å². The second kappa shape index (κ2) is 6.84. The average Bonchev–Trinajstić information content (AvgIpc) is 2.24. The van der Waals surface area contributed by atoms with Gasteiger partial charge in [-0.25, -0.2) is 0 Å². The van der Waals surface area contributed by atoms with E-state index in [0.29, 0.717) is 13.2 Å². The van der Waals surface area contributed by atoms with Crippen molar-refractivity contribution in [3.63, 3.8) is 0 Å². The number of carboxylic acids is 1. The molecule has 0 heterocycles. The second-order valence-corrected chi connectivity index (χ2v) is 3.09. The van der Waals surface area contributed by atoms with Crippen LogP contribution in [0, 0.1) is 0 Å². The summed E-state index contributed by atoms with van der Waals surface area (Å²) in [7, 11) is 0. The zero-order valence-electron chi connectivity index (χ0n) is 8.48. The first-order valence-electron chi connectivity index (χ1n) is 4.89. The summed E-state index contributed by atoms with van der Waals surface area (Å²) < 4.78 is 5.43. The number of ether oxygens (including phenoxy) is 1. The number of hydrogen-bond acceptors (Lipinski definition) is 3. The Hall–Kier alpha value is -1.55. The molecule has 2 N–H and O–H groups in total. The summed E-state index contributed by atoms with van der Waals surface area (Å²) in [6.07, 6.45) is 0.794. The van der Waals surface area contributed by atoms with E-state index in [0.717, 1.165) is 12.2 Å². The molecule has 0 aliphatic carbocycles. The first-order valence-corrected chi connectivity index (χ1v) is 4.89. The normalized spacial score (nSPS) is 9.87. The number of benzene rings is 1. The summed E-state index contributed by atoms with van der Waals surface area (Å²) in [5.41, 5.74) is 0. The minimum absolute atomic E-state index is 0.00529. The molecule has 4 nitrogen and oxygen atoms in total. The van der Waals surface area contributed by atoms with Crippen molar-refractivity contribution in [3.05, 3.63) is 30.3 Å². The fourth-order valence-corrected chi connectivity index (χ4v) is 1.10. The second-order valence-electron chi connectivity index (χ2n) is 3.09. The molecule has 0 saturated heterocycles. The lowest BCUT2D eigenvalue weighted by Gasteiger charge is -2.05. The molecular formula is C11H15NO3. The highest BCUT2D eigenvalue weighted by molar-refractivity contribution is 5.68. The molecule has 0 amide bonds. The van der Waals surface area contributed by atoms with Crippen LogP contribution in [0.1, 0.15) is 6.42 Å². The van der Waals surface area contributed by atoms with Crippen LogP contribution in [0.3, 0.4) is 0 Å². The molecule has 0 unspecified atom stereocenters. The molecule has 4 heteroatoms. The minimum Gasteiger partial charge on any atom is -0.494 e. The first kappa shape index (κ1) is 11.5. The summed E-state index contributed by atoms with van der Waals surface area (Å²) in [6.45, 7) is 1.25. The fraction of sp³-hybridized carbons (Fsp3) is 0.364. The van der Waals surface area contributed by atoms with E-state index in [9.17, 15) is 4.79 Å². The largest absolute Gasteiger partial charge is 0.494 e. The van der Waals surface area contributed by atoms with Gasteiger partial charge in [0, 0.05) is 0 Å². The van der Waals surface area contributed by atoms with Gasteiger partial charge in [0.25, 0.3) is 0 Å². The van der Waals surface area contributed by atoms with Crippen molar-refractivity contribution >= 4 is 5.97 Å². The third-order valence-corrected chi connectivity index (χ3v) is 1.79. The van der Waals surface area contributed by atoms with E-state index in [1.807, 2.05) is 30.3 Å². The van der Waals surface area contributed by atoms with E-state index in [-0.39, 0.29) is 6.54 Å². The van der Waals surface area contributed by atoms with E-state index in [4.69, 9.17) is 9.84 Å². The van der Waals surface area contributed by atoms with Gasteiger partial charge < -0.3 is 15.2 Å². The van der Waals surface area contributed by atoms with Crippen molar-refractivity contribution in [1.82, 2.24) is 5.32 Å². The molecule has 82 valence electrons. The molecule has 1 aromatic rings. The number of para-hydroxylation sites is 1. The standard InChI is InChI=1S/C11H15NO3/c13-11(14)9-12-7-4-8-15-10-5-2-1-3-6-10/h1-3,5-6,12H,4,7-9H2,(H,13,14). The van der Waals surface area contributed by atoms with Gasteiger partial charge in [0.1, 0.15) is 5.75 Å². The molecule has 0 bridgehead atoms. The van der Waals surface area contributed by atoms with E-state index >= 15 is 0 Å². The van der Waals surface area contributed by atoms with Crippen molar-refractivity contribution in [1.29, 1.82) is 0 Å². The molecule has 0 radical (unpaired) electrons. The summed E-state index contributed by atoms with van der Waals surface area (Å²) in [4.78, 5) is 10.2. The topological polar surface area (TPSA) is 58.6 Å². The number of carbonyl (C=O) groups is 1. The van der Waals surface area contributed by atoms with E-state index in [1.54, 1.807) is 0 Å². The van der Waals surface area contributed by atoms with Gasteiger partial charge in [0.15, 0.2) is 0 Å². The van der Waals surface area contributed by atoms with Gasteiger partial charge in [-0.3, -0.25) is 4.79 Å². The summed E-state index contributed by atoms with van der Waals surface area (Å²) in [5.74, 6) is 0.00899. The molecule has 0 spiro atoms. The molecule has 0 aliphatic rings. The van der Waals surface area contributed by atoms with Crippen LogP contribution in [0.5, 0.6) is 5.75 Å². The maximum absolute atomic E-state index is 10.2. The molecule has 0 saturated carbocycles. The first-order chi connectivity index (χ1) is 7.29. The van der Waals surface area contributed by atoms with Gasteiger partial charge in [0.2, 0.25) is 0 Å². The Kier molecular flexibility index (Phi) is 5.25. The summed E-state index contributed by atoms with van der Waals surface area (Å²) in [6, 6.07) is 9.55. The number of rotatable bonds is 7. The van der Waals surface area contributed by atoms with Gasteiger partial charge >= 0.3 is 5.97 Å². The quantitative estimate of drug-likeness (QED) is 0.661. The SMILES string of the molecule is O=C(O)CNCCCOc1ccccc1. The highest BCUT2D eigenvalue weighted by Crippen LogP contribution is 2.07. The molecule has 1 rings (SSSR count). The zero-order valence-corrected chi connectivity index (χ0v) is 8.48. The number of aliphatic carboxylic acids is 1. The lowest BCUT2D eigenvalue weighted by molar-refractivity contribution is -0.135. The lowest BCUT2D eigenvalue weighted by Crippen LogP contribution is -2.24. The molecule has 0 aliphatic heterocycles. The van der Waals surface area contributed by atoms with Gasteiger partial charge in [-0.15, -0.1) is 0 Å². The number of carboxylic acid groups (broad SMARTS) is 1. The molecule has 1 aromatic carbocycles. The predicted molar refractivity (Wildman–Crippen MR) is 57.1 cm³/mol. The van der Waals surface area contributed by atoms with E-state index < -0.39 is 5.97 Å². The highest BCUT2D eigenvalue weighted by atomic mass is 16.5. The zero-order chi connectivity index (χ0) is 10.9. The van der Waals surface area contributed by atoms with Gasteiger partial charge in [-0.05, 0) is 25.1 Å². The number of nitrogens with one attached hydrogen (secondary N) is 1. The summed E-state index contributed by atoms with van der Waals surface area (Å²) in [5, 5.41) is 11.1. The lowest BCUT2D eigenvalue weighted by atomic mass is 10.3. The number of hydrogen-bond donors (Lipinski definition) is 2. The van der Waals surface area contributed by atoms with Gasteiger partial charge in [-0.1, -0.05) is 18.2 Å². The molecule has 0 aromatic heterocycles. The Balaban J connectivity index is 2.00. The van der Waals surface area contributed by atoms with Crippen LogP contribution in [-0.4, -0.2) is 30.8 Å². The molecule has 0 fully saturated rings. The van der Waals surface area contributed by atoms with Gasteiger partial charge in [0.05, 0.1) is 13.2 Å². The van der Waals surface area contributed by atoms with E-state index in [2.05, 4.69) is 5.32 Å². The Bertz CT molecular complexity index is 287. The maximum atomic E-state index is 10.2. The third-order valence-electron chi connectivity index (χ3n) is 1.79. The smallest absolute Gasteiger partial charge is 0.317 e. The van der Waals surface area contributed by atoms with E-state index in [1.165, 1.54) is 0 Å². The van der Waals surface area contributed by atoms with Crippen LogP contribution in [-0.2, 0) is 4.79 Å². The van der Waals surface area contributed by atoms with Crippen LogP contribution < -0.4 is 10.1 Å². The fourth-order valence-electron chi connectivity index (χ4n) is 1.10.